The Morgan fingerprint density at radius 3 is 2.64 bits per heavy atom. The number of rotatable bonds is 5. The molecule has 3 unspecified atom stereocenters. The quantitative estimate of drug-likeness (QED) is 0.808. The lowest BCUT2D eigenvalue weighted by Crippen LogP contribution is -2.37. The Balaban J connectivity index is 1.45. The summed E-state index contributed by atoms with van der Waals surface area (Å²) in [7, 11) is -3.79. The minimum atomic E-state index is -3.79. The van der Waals surface area contributed by atoms with E-state index in [0.29, 0.717) is 30.1 Å². The number of carbonyl (C=O) groups is 1. The third kappa shape index (κ3) is 3.97. The SMILES string of the molecule is NS(=O)(=O)c1cccc(NC(=O)CN2CC(c3ccccc3)C3CCCC32)c1. The Morgan fingerprint density at radius 2 is 1.89 bits per heavy atom. The third-order valence-corrected chi connectivity index (χ3v) is 6.88. The molecular formula is C21H25N3O3S. The van der Waals surface area contributed by atoms with Crippen LogP contribution in [0, 0.1) is 5.92 Å². The van der Waals surface area contributed by atoms with Crippen LogP contribution in [-0.2, 0) is 14.8 Å². The zero-order chi connectivity index (χ0) is 19.7. The molecule has 2 aliphatic rings. The average Bonchev–Trinajstić information content (AvgIpc) is 3.26. The maximum absolute atomic E-state index is 12.6. The van der Waals surface area contributed by atoms with Gasteiger partial charge in [0.05, 0.1) is 11.4 Å². The van der Waals surface area contributed by atoms with Crippen molar-refractivity contribution in [2.45, 2.75) is 36.1 Å². The van der Waals surface area contributed by atoms with Crippen molar-refractivity contribution in [2.24, 2.45) is 11.1 Å². The number of nitrogens with zero attached hydrogens (tertiary/aromatic N) is 1. The van der Waals surface area contributed by atoms with Crippen molar-refractivity contribution in [3.8, 4) is 0 Å². The number of primary sulfonamides is 1. The first-order chi connectivity index (χ1) is 13.4. The molecule has 28 heavy (non-hydrogen) atoms. The Bertz CT molecular complexity index is 962. The highest BCUT2D eigenvalue weighted by Crippen LogP contribution is 2.46. The molecule has 4 rings (SSSR count). The molecule has 2 aromatic carbocycles. The topological polar surface area (TPSA) is 92.5 Å². The van der Waals surface area contributed by atoms with Gasteiger partial charge in [-0.15, -0.1) is 0 Å². The fourth-order valence-corrected chi connectivity index (χ4v) is 5.35. The lowest BCUT2D eigenvalue weighted by Gasteiger charge is -2.22. The molecule has 6 nitrogen and oxygen atoms in total. The number of likely N-dealkylation sites (tertiary alicyclic amines) is 1. The van der Waals surface area contributed by atoms with Gasteiger partial charge in [-0.3, -0.25) is 9.69 Å². The Kier molecular flexibility index (Phi) is 5.23. The van der Waals surface area contributed by atoms with Gasteiger partial charge in [-0.25, -0.2) is 13.6 Å². The van der Waals surface area contributed by atoms with Crippen LogP contribution in [-0.4, -0.2) is 38.4 Å². The monoisotopic (exact) mass is 399 g/mol. The van der Waals surface area contributed by atoms with Crippen LogP contribution in [0.5, 0.6) is 0 Å². The fraction of sp³-hybridized carbons (Fsp3) is 0.381. The van der Waals surface area contributed by atoms with Crippen LogP contribution in [0.3, 0.4) is 0 Å². The molecule has 1 saturated heterocycles. The molecule has 0 bridgehead atoms. The number of nitrogens with two attached hydrogens (primary N) is 1. The van der Waals surface area contributed by atoms with Crippen molar-refractivity contribution >= 4 is 21.6 Å². The van der Waals surface area contributed by atoms with Gasteiger partial charge in [-0.2, -0.15) is 0 Å². The molecule has 3 atom stereocenters. The summed E-state index contributed by atoms with van der Waals surface area (Å²) < 4.78 is 23.0. The smallest absolute Gasteiger partial charge is 0.238 e. The molecule has 148 valence electrons. The van der Waals surface area contributed by atoms with E-state index in [2.05, 4.69) is 34.5 Å². The third-order valence-electron chi connectivity index (χ3n) is 5.97. The summed E-state index contributed by atoms with van der Waals surface area (Å²) in [6.45, 7) is 1.19. The second kappa shape index (κ2) is 7.66. The van der Waals surface area contributed by atoms with E-state index in [1.54, 1.807) is 12.1 Å². The van der Waals surface area contributed by atoms with Gasteiger partial charge in [0.15, 0.2) is 0 Å². The first-order valence-electron chi connectivity index (χ1n) is 9.63. The van der Waals surface area contributed by atoms with Gasteiger partial charge in [-0.1, -0.05) is 42.8 Å². The molecular weight excluding hydrogens is 374 g/mol. The van der Waals surface area contributed by atoms with Crippen LogP contribution in [0.25, 0.3) is 0 Å². The highest BCUT2D eigenvalue weighted by Gasteiger charge is 2.45. The number of anilines is 1. The minimum absolute atomic E-state index is 0.00790. The van der Waals surface area contributed by atoms with E-state index in [0.717, 1.165) is 13.0 Å². The Hall–Kier alpha value is -2.22. The second-order valence-corrected chi connectivity index (χ2v) is 9.29. The molecule has 2 aromatic rings. The molecule has 3 N–H and O–H groups in total. The van der Waals surface area contributed by atoms with Crippen LogP contribution in [0.2, 0.25) is 0 Å². The van der Waals surface area contributed by atoms with Crippen molar-refractivity contribution in [2.75, 3.05) is 18.4 Å². The summed E-state index contributed by atoms with van der Waals surface area (Å²) in [4.78, 5) is 14.9. The predicted octanol–water partition coefficient (Wildman–Crippen LogP) is 2.54. The number of hydrogen-bond donors (Lipinski definition) is 2. The molecule has 1 heterocycles. The highest BCUT2D eigenvalue weighted by atomic mass is 32.2. The highest BCUT2D eigenvalue weighted by molar-refractivity contribution is 7.89. The normalized spacial score (nSPS) is 24.8. The summed E-state index contributed by atoms with van der Waals surface area (Å²) >= 11 is 0. The average molecular weight is 400 g/mol. The number of benzene rings is 2. The van der Waals surface area contributed by atoms with Gasteiger partial charge >= 0.3 is 0 Å². The lowest BCUT2D eigenvalue weighted by atomic mass is 9.87. The fourth-order valence-electron chi connectivity index (χ4n) is 4.79. The summed E-state index contributed by atoms with van der Waals surface area (Å²) in [6, 6.07) is 17.0. The molecule has 1 saturated carbocycles. The van der Waals surface area contributed by atoms with Crippen molar-refractivity contribution in [1.29, 1.82) is 0 Å². The predicted molar refractivity (Wildman–Crippen MR) is 108 cm³/mol. The van der Waals surface area contributed by atoms with E-state index >= 15 is 0 Å². The van der Waals surface area contributed by atoms with Gasteiger partial charge in [0, 0.05) is 24.2 Å². The minimum Gasteiger partial charge on any atom is -0.325 e. The zero-order valence-electron chi connectivity index (χ0n) is 15.6. The molecule has 0 aromatic heterocycles. The second-order valence-electron chi connectivity index (χ2n) is 7.73. The number of carbonyl (C=O) groups excluding carboxylic acids is 1. The summed E-state index contributed by atoms with van der Waals surface area (Å²) in [5.41, 5.74) is 1.79. The van der Waals surface area contributed by atoms with Gasteiger partial charge in [0.2, 0.25) is 15.9 Å². The van der Waals surface area contributed by atoms with Gasteiger partial charge in [0.25, 0.3) is 0 Å². The number of sulfonamides is 1. The largest absolute Gasteiger partial charge is 0.325 e. The molecule has 0 radical (unpaired) electrons. The standard InChI is InChI=1S/C21H25N3O3S/c22-28(26,27)17-9-4-8-16(12-17)23-21(25)14-24-13-19(15-6-2-1-3-7-15)18-10-5-11-20(18)24/h1-4,6-9,12,18-20H,5,10-11,13-14H2,(H,23,25)(H2,22,26,27). The van der Waals surface area contributed by atoms with Crippen LogP contribution in [0.4, 0.5) is 5.69 Å². The van der Waals surface area contributed by atoms with Gasteiger partial charge < -0.3 is 5.32 Å². The summed E-state index contributed by atoms with van der Waals surface area (Å²) in [6.07, 6.45) is 3.54. The van der Waals surface area contributed by atoms with Crippen molar-refractivity contribution in [3.05, 3.63) is 60.2 Å². The lowest BCUT2D eigenvalue weighted by molar-refractivity contribution is -0.117. The molecule has 0 spiro atoms. The van der Waals surface area contributed by atoms with E-state index in [1.165, 1.54) is 30.5 Å². The van der Waals surface area contributed by atoms with Gasteiger partial charge in [0.1, 0.15) is 0 Å². The van der Waals surface area contributed by atoms with E-state index < -0.39 is 10.0 Å². The van der Waals surface area contributed by atoms with E-state index in [4.69, 9.17) is 5.14 Å². The van der Waals surface area contributed by atoms with Crippen molar-refractivity contribution in [1.82, 2.24) is 4.90 Å². The Labute approximate surface area is 165 Å². The first kappa shape index (κ1) is 19.1. The maximum atomic E-state index is 12.6. The maximum Gasteiger partial charge on any atom is 0.238 e. The molecule has 2 fully saturated rings. The van der Waals surface area contributed by atoms with E-state index in [-0.39, 0.29) is 10.8 Å². The number of fused-ring (bicyclic) bond motifs is 1. The van der Waals surface area contributed by atoms with Crippen LogP contribution in [0.15, 0.2) is 59.5 Å². The molecule has 1 amide bonds. The van der Waals surface area contributed by atoms with Crippen LogP contribution < -0.4 is 10.5 Å². The Morgan fingerprint density at radius 1 is 1.11 bits per heavy atom. The number of hydrogen-bond acceptors (Lipinski definition) is 4. The van der Waals surface area contributed by atoms with E-state index in [1.807, 2.05) is 6.07 Å². The number of nitrogens with one attached hydrogen (secondary N) is 1. The van der Waals surface area contributed by atoms with E-state index in [9.17, 15) is 13.2 Å². The first-order valence-corrected chi connectivity index (χ1v) is 11.2. The molecule has 1 aliphatic carbocycles. The summed E-state index contributed by atoms with van der Waals surface area (Å²) in [5, 5.41) is 7.98. The van der Waals surface area contributed by atoms with Crippen LogP contribution >= 0.6 is 0 Å². The number of amides is 1. The zero-order valence-corrected chi connectivity index (χ0v) is 16.4. The molecule has 7 heteroatoms. The van der Waals surface area contributed by atoms with Crippen LogP contribution in [0.1, 0.15) is 30.7 Å². The summed E-state index contributed by atoms with van der Waals surface area (Å²) in [5.74, 6) is 0.930. The van der Waals surface area contributed by atoms with Gasteiger partial charge in [-0.05, 0) is 42.5 Å². The van der Waals surface area contributed by atoms with Crippen molar-refractivity contribution in [3.63, 3.8) is 0 Å². The van der Waals surface area contributed by atoms with Crippen molar-refractivity contribution < 1.29 is 13.2 Å². The molecule has 1 aliphatic heterocycles.